The summed E-state index contributed by atoms with van der Waals surface area (Å²) in [4.78, 5) is 13.7. The van der Waals surface area contributed by atoms with E-state index >= 15 is 0 Å². The number of hydrogen-bond donors (Lipinski definition) is 1. The molecule has 0 amide bonds. The molecule has 18 heavy (non-hydrogen) atoms. The van der Waals surface area contributed by atoms with Gasteiger partial charge in [0, 0.05) is 13.2 Å². The zero-order valence-corrected chi connectivity index (χ0v) is 10.7. The van der Waals surface area contributed by atoms with Gasteiger partial charge in [0.05, 0.1) is 0 Å². The van der Waals surface area contributed by atoms with Crippen LogP contribution in [0.25, 0.3) is 0 Å². The van der Waals surface area contributed by atoms with Gasteiger partial charge < -0.3 is 5.32 Å². The Balaban J connectivity index is 1.97. The maximum Gasteiger partial charge on any atom is 0.153 e. The molecule has 2 heterocycles. The van der Waals surface area contributed by atoms with Crippen LogP contribution in [0, 0.1) is 0 Å². The molecule has 1 N–H and O–H groups in total. The van der Waals surface area contributed by atoms with E-state index in [1.807, 2.05) is 25.2 Å². The van der Waals surface area contributed by atoms with E-state index in [2.05, 4.69) is 15.3 Å². The molecular weight excluding hydrogens is 224 g/mol. The molecule has 4 nitrogen and oxygen atoms in total. The first-order valence-corrected chi connectivity index (χ1v) is 6.60. The molecule has 3 rings (SSSR count). The minimum atomic E-state index is -0.0974. The van der Waals surface area contributed by atoms with E-state index in [1.165, 1.54) is 19.3 Å². The number of amidine groups is 2. The lowest BCUT2D eigenvalue weighted by molar-refractivity contribution is 0.386. The summed E-state index contributed by atoms with van der Waals surface area (Å²) in [5, 5.41) is 3.35. The lowest BCUT2D eigenvalue weighted by atomic mass is 9.82. The number of pyridine rings is 1. The van der Waals surface area contributed by atoms with Crippen molar-refractivity contribution in [2.75, 3.05) is 7.05 Å². The standard InChI is InChI=1S/C14H18N4/c1-15-13-14(8-4-2-5-9-14)18-12(17-13)11-7-3-6-10-16-11/h3,6-7,10H,2,4-5,8-9H2,1H3,(H,15,17,18). The van der Waals surface area contributed by atoms with Gasteiger partial charge in [0.2, 0.25) is 0 Å². The third-order valence-corrected chi connectivity index (χ3v) is 3.82. The maximum atomic E-state index is 4.91. The number of aliphatic imine (C=N–C) groups is 2. The number of hydrogen-bond acceptors (Lipinski definition) is 3. The summed E-state index contributed by atoms with van der Waals surface area (Å²) in [5.41, 5.74) is 0.806. The number of aromatic nitrogens is 1. The predicted molar refractivity (Wildman–Crippen MR) is 73.1 cm³/mol. The van der Waals surface area contributed by atoms with Gasteiger partial charge in [-0.2, -0.15) is 0 Å². The van der Waals surface area contributed by atoms with Crippen LogP contribution in [0.5, 0.6) is 0 Å². The minimum Gasteiger partial charge on any atom is -0.325 e. The van der Waals surface area contributed by atoms with E-state index in [0.29, 0.717) is 0 Å². The summed E-state index contributed by atoms with van der Waals surface area (Å²) in [6.07, 6.45) is 7.78. The average Bonchev–Trinajstić information content (AvgIpc) is 2.79. The second-order valence-electron chi connectivity index (χ2n) is 4.96. The number of nitrogens with one attached hydrogen (secondary N) is 1. The zero-order chi connectivity index (χ0) is 12.4. The van der Waals surface area contributed by atoms with Gasteiger partial charge in [-0.05, 0) is 25.0 Å². The van der Waals surface area contributed by atoms with Crippen molar-refractivity contribution in [3.05, 3.63) is 30.1 Å². The van der Waals surface area contributed by atoms with Crippen LogP contribution in [0.4, 0.5) is 0 Å². The van der Waals surface area contributed by atoms with Crippen LogP contribution in [-0.4, -0.2) is 29.2 Å². The summed E-state index contributed by atoms with van der Waals surface area (Å²) in [6, 6.07) is 5.90. The second kappa shape index (κ2) is 4.52. The third kappa shape index (κ3) is 1.82. The molecule has 1 saturated carbocycles. The van der Waals surface area contributed by atoms with E-state index in [1.54, 1.807) is 6.20 Å². The molecule has 0 atom stereocenters. The molecule has 1 fully saturated rings. The summed E-state index contributed by atoms with van der Waals surface area (Å²) < 4.78 is 0. The van der Waals surface area contributed by atoms with E-state index < -0.39 is 0 Å². The highest BCUT2D eigenvalue weighted by Crippen LogP contribution is 2.35. The SMILES string of the molecule is CN=C1NC(c2ccccn2)=NC12CCCCC2. The number of nitrogens with zero attached hydrogens (tertiary/aromatic N) is 3. The topological polar surface area (TPSA) is 49.6 Å². The quantitative estimate of drug-likeness (QED) is 0.820. The predicted octanol–water partition coefficient (Wildman–Crippen LogP) is 2.16. The molecule has 94 valence electrons. The summed E-state index contributed by atoms with van der Waals surface area (Å²) in [5.74, 6) is 1.89. The van der Waals surface area contributed by atoms with E-state index in [9.17, 15) is 0 Å². The summed E-state index contributed by atoms with van der Waals surface area (Å²) in [6.45, 7) is 0. The van der Waals surface area contributed by atoms with Crippen LogP contribution in [0.2, 0.25) is 0 Å². The van der Waals surface area contributed by atoms with Crippen molar-refractivity contribution in [1.82, 2.24) is 10.3 Å². The van der Waals surface area contributed by atoms with Crippen molar-refractivity contribution in [3.63, 3.8) is 0 Å². The molecule has 0 unspecified atom stereocenters. The van der Waals surface area contributed by atoms with Crippen molar-refractivity contribution >= 4 is 11.7 Å². The molecule has 1 aromatic rings. The average molecular weight is 242 g/mol. The Hall–Kier alpha value is -1.71. The van der Waals surface area contributed by atoms with Gasteiger partial charge in [0.25, 0.3) is 0 Å². The highest BCUT2D eigenvalue weighted by atomic mass is 15.2. The van der Waals surface area contributed by atoms with Crippen LogP contribution < -0.4 is 5.32 Å². The van der Waals surface area contributed by atoms with Gasteiger partial charge in [0.1, 0.15) is 17.1 Å². The van der Waals surface area contributed by atoms with Crippen LogP contribution in [0.15, 0.2) is 34.4 Å². The Morgan fingerprint density at radius 2 is 2.06 bits per heavy atom. The van der Waals surface area contributed by atoms with E-state index in [-0.39, 0.29) is 5.54 Å². The van der Waals surface area contributed by atoms with Gasteiger partial charge in [-0.15, -0.1) is 0 Å². The van der Waals surface area contributed by atoms with Crippen molar-refractivity contribution < 1.29 is 0 Å². The molecule has 2 aliphatic rings. The highest BCUT2D eigenvalue weighted by Gasteiger charge is 2.42. The fourth-order valence-corrected chi connectivity index (χ4v) is 2.90. The van der Waals surface area contributed by atoms with Crippen LogP contribution >= 0.6 is 0 Å². The maximum absolute atomic E-state index is 4.91. The van der Waals surface area contributed by atoms with Crippen molar-refractivity contribution in [2.24, 2.45) is 9.98 Å². The molecule has 1 spiro atoms. The largest absolute Gasteiger partial charge is 0.325 e. The fourth-order valence-electron chi connectivity index (χ4n) is 2.90. The zero-order valence-electron chi connectivity index (χ0n) is 10.7. The Kier molecular flexibility index (Phi) is 2.86. The first-order chi connectivity index (χ1) is 8.84. The van der Waals surface area contributed by atoms with Gasteiger partial charge in [0.15, 0.2) is 5.84 Å². The smallest absolute Gasteiger partial charge is 0.153 e. The first-order valence-electron chi connectivity index (χ1n) is 6.60. The summed E-state index contributed by atoms with van der Waals surface area (Å²) in [7, 11) is 1.84. The highest BCUT2D eigenvalue weighted by molar-refractivity contribution is 6.16. The van der Waals surface area contributed by atoms with Gasteiger partial charge in [-0.1, -0.05) is 25.3 Å². The van der Waals surface area contributed by atoms with Crippen molar-refractivity contribution in [2.45, 2.75) is 37.6 Å². The van der Waals surface area contributed by atoms with Gasteiger partial charge in [-0.25, -0.2) is 0 Å². The molecule has 0 aromatic carbocycles. The van der Waals surface area contributed by atoms with Crippen molar-refractivity contribution in [3.8, 4) is 0 Å². The Morgan fingerprint density at radius 1 is 1.22 bits per heavy atom. The van der Waals surface area contributed by atoms with Crippen LogP contribution in [0.3, 0.4) is 0 Å². The van der Waals surface area contributed by atoms with E-state index in [0.717, 1.165) is 30.2 Å². The van der Waals surface area contributed by atoms with Crippen molar-refractivity contribution in [1.29, 1.82) is 0 Å². The number of rotatable bonds is 1. The Labute approximate surface area is 107 Å². The lowest BCUT2D eigenvalue weighted by Gasteiger charge is -2.29. The van der Waals surface area contributed by atoms with E-state index in [4.69, 9.17) is 4.99 Å². The Morgan fingerprint density at radius 3 is 2.72 bits per heavy atom. The molecule has 0 saturated heterocycles. The fraction of sp³-hybridized carbons (Fsp3) is 0.500. The first kappa shape index (κ1) is 11.4. The minimum absolute atomic E-state index is 0.0974. The molecule has 1 aromatic heterocycles. The molecule has 0 radical (unpaired) electrons. The molecule has 1 aliphatic heterocycles. The van der Waals surface area contributed by atoms with Gasteiger partial charge >= 0.3 is 0 Å². The monoisotopic (exact) mass is 242 g/mol. The van der Waals surface area contributed by atoms with Crippen LogP contribution in [-0.2, 0) is 0 Å². The van der Waals surface area contributed by atoms with Gasteiger partial charge in [-0.3, -0.25) is 15.0 Å². The molecular formula is C14H18N4. The Bertz CT molecular complexity index is 484. The van der Waals surface area contributed by atoms with Crippen LogP contribution in [0.1, 0.15) is 37.8 Å². The lowest BCUT2D eigenvalue weighted by Crippen LogP contribution is -2.41. The molecule has 4 heteroatoms. The molecule has 0 bridgehead atoms. The summed E-state index contributed by atoms with van der Waals surface area (Å²) >= 11 is 0. The second-order valence-corrected chi connectivity index (χ2v) is 4.96. The molecule has 1 aliphatic carbocycles. The third-order valence-electron chi connectivity index (χ3n) is 3.82. The normalized spacial score (nSPS) is 24.1.